The van der Waals surface area contributed by atoms with Crippen LogP contribution in [-0.2, 0) is 14.8 Å². The van der Waals surface area contributed by atoms with Gasteiger partial charge in [-0.15, -0.1) is 0 Å². The summed E-state index contributed by atoms with van der Waals surface area (Å²) in [5.74, 6) is 7.61. The van der Waals surface area contributed by atoms with E-state index in [2.05, 4.69) is 17.1 Å². The number of benzene rings is 1. The molecule has 88 valence electrons. The van der Waals surface area contributed by atoms with Crippen LogP contribution < -0.4 is 5.32 Å². The Hall–Kier alpha value is -1.42. The lowest BCUT2D eigenvalue weighted by molar-refractivity contribution is 0.163. The first-order valence-electron chi connectivity index (χ1n) is 4.91. The summed E-state index contributed by atoms with van der Waals surface area (Å²) in [6.45, 7) is 2.30. The van der Waals surface area contributed by atoms with Crippen LogP contribution in [0.5, 0.6) is 0 Å². The Kier molecular flexibility index (Phi) is 4.92. The minimum absolute atomic E-state index is 0.182. The molecule has 1 unspecified atom stereocenters. The monoisotopic (exact) mass is 238 g/mol. The van der Waals surface area contributed by atoms with Crippen molar-refractivity contribution in [2.24, 2.45) is 0 Å². The second-order valence-corrected chi connectivity index (χ2v) is 5.32. The van der Waals surface area contributed by atoms with Crippen molar-refractivity contribution < 1.29 is 9.53 Å². The van der Waals surface area contributed by atoms with Gasteiger partial charge >= 0.3 is 6.09 Å². The van der Waals surface area contributed by atoms with Crippen molar-refractivity contribution in [3.63, 3.8) is 0 Å². The number of amides is 1. The fourth-order valence-electron chi connectivity index (χ4n) is 0.965. The highest BCUT2D eigenvalue weighted by Gasteiger charge is 2.02. The summed E-state index contributed by atoms with van der Waals surface area (Å²) in [6.07, 6.45) is -0.441. The zero-order chi connectivity index (χ0) is 12.0. The van der Waals surface area contributed by atoms with Gasteiger partial charge in [-0.2, -0.15) is 0 Å². The van der Waals surface area contributed by atoms with E-state index in [0.717, 1.165) is 5.69 Å². The second-order valence-electron chi connectivity index (χ2n) is 3.44. The van der Waals surface area contributed by atoms with Crippen LogP contribution in [0.3, 0.4) is 0 Å². The van der Waals surface area contributed by atoms with Gasteiger partial charge < -0.3 is 14.8 Å². The third kappa shape index (κ3) is 4.40. The molecular weight excluding hydrogens is 222 g/mol. The molecule has 0 heterocycles. The zero-order valence-electron chi connectivity index (χ0n) is 9.31. The number of para-hydroxylation sites is 1. The molecule has 0 fully saturated rings. The maximum absolute atomic E-state index is 11.4. The van der Waals surface area contributed by atoms with Crippen LogP contribution in [0.1, 0.15) is 6.92 Å². The van der Waals surface area contributed by atoms with Gasteiger partial charge in [0.05, 0.1) is 6.61 Å². The van der Waals surface area contributed by atoms with Gasteiger partial charge in [0.1, 0.15) is 0 Å². The van der Waals surface area contributed by atoms with Crippen molar-refractivity contribution in [2.75, 3.05) is 11.9 Å². The lowest BCUT2D eigenvalue weighted by Crippen LogP contribution is -2.20. The van der Waals surface area contributed by atoms with E-state index in [0.29, 0.717) is 6.61 Å². The minimum atomic E-state index is -0.441. The zero-order valence-corrected chi connectivity index (χ0v) is 10.1. The number of rotatable bonds is 4. The minimum Gasteiger partial charge on any atom is -0.479 e. The highest BCUT2D eigenvalue weighted by Crippen LogP contribution is 2.05. The first-order chi connectivity index (χ1) is 7.59. The van der Waals surface area contributed by atoms with E-state index in [1.54, 1.807) is 12.1 Å². The van der Waals surface area contributed by atoms with Crippen LogP contribution >= 0.6 is 0 Å². The molecule has 1 rings (SSSR count). The lowest BCUT2D eigenvalue weighted by atomic mass is 10.3. The number of ether oxygens (including phenoxy) is 1. The van der Waals surface area contributed by atoms with E-state index in [-0.39, 0.29) is 15.3 Å². The molecule has 16 heavy (non-hydrogen) atoms. The van der Waals surface area contributed by atoms with E-state index < -0.39 is 6.09 Å². The number of hydrogen-bond donors (Lipinski definition) is 1. The summed E-state index contributed by atoms with van der Waals surface area (Å²) in [4.78, 5) is 11.4. The van der Waals surface area contributed by atoms with Gasteiger partial charge in [-0.3, -0.25) is 5.32 Å². The SMILES string of the molecule is C=[S-](=C)C(C)COC(=O)Nc1ccccc1. The molecular formula is C12H16NO2S-. The predicted molar refractivity (Wildman–Crippen MR) is 72.5 cm³/mol. The highest BCUT2D eigenvalue weighted by molar-refractivity contribution is 7.92. The molecule has 0 saturated carbocycles. The molecule has 1 aromatic carbocycles. The first kappa shape index (κ1) is 12.6. The van der Waals surface area contributed by atoms with Gasteiger partial charge in [0.15, 0.2) is 0 Å². The fraction of sp³-hybridized carbons (Fsp3) is 0.250. The molecule has 0 radical (unpaired) electrons. The lowest BCUT2D eigenvalue weighted by Gasteiger charge is -2.18. The van der Waals surface area contributed by atoms with Crippen LogP contribution in [0.25, 0.3) is 0 Å². The van der Waals surface area contributed by atoms with Crippen molar-refractivity contribution in [2.45, 2.75) is 12.2 Å². The molecule has 0 aliphatic carbocycles. The molecule has 4 heteroatoms. The van der Waals surface area contributed by atoms with Crippen molar-refractivity contribution in [1.29, 1.82) is 0 Å². The molecule has 1 N–H and O–H groups in total. The highest BCUT2D eigenvalue weighted by atomic mass is 32.2. The van der Waals surface area contributed by atoms with Crippen molar-refractivity contribution in [3.05, 3.63) is 30.3 Å². The van der Waals surface area contributed by atoms with E-state index in [1.807, 2.05) is 25.1 Å². The van der Waals surface area contributed by atoms with Gasteiger partial charge in [-0.1, -0.05) is 30.4 Å². The van der Waals surface area contributed by atoms with Crippen LogP contribution in [0.15, 0.2) is 30.3 Å². The molecule has 3 nitrogen and oxygen atoms in total. The number of carbonyl (C=O) groups excluding carboxylic acids is 1. The molecule has 1 aromatic rings. The summed E-state index contributed by atoms with van der Waals surface area (Å²) in [5, 5.41) is 2.82. The molecule has 0 saturated heterocycles. The Balaban J connectivity index is 2.37. The number of nitrogens with one attached hydrogen (secondary N) is 1. The van der Waals surface area contributed by atoms with Crippen LogP contribution in [0.4, 0.5) is 10.5 Å². The van der Waals surface area contributed by atoms with Crippen molar-refractivity contribution in [3.8, 4) is 0 Å². The van der Waals surface area contributed by atoms with Gasteiger partial charge in [0.25, 0.3) is 0 Å². The molecule has 0 aliphatic heterocycles. The molecule has 1 amide bonds. The summed E-state index contributed by atoms with van der Waals surface area (Å²) in [7, 11) is -0.228. The Morgan fingerprint density at radius 1 is 1.44 bits per heavy atom. The van der Waals surface area contributed by atoms with Gasteiger partial charge in [-0.25, -0.2) is 16.5 Å². The third-order valence-corrected chi connectivity index (χ3v) is 3.31. The normalized spacial score (nSPS) is 12.1. The van der Waals surface area contributed by atoms with E-state index >= 15 is 0 Å². The molecule has 0 aliphatic rings. The van der Waals surface area contributed by atoms with Gasteiger partial charge in [0, 0.05) is 5.69 Å². The standard InChI is InChI=1S/C12H16NO2S/c1-10(16(2)3)9-15-12(14)13-11-7-5-4-6-8-11/h4-8,10H,2-3,9H2,1H3,(H,13,14)/q-1. The third-order valence-electron chi connectivity index (χ3n) is 2.04. The molecule has 1 atom stereocenters. The Morgan fingerprint density at radius 2 is 2.06 bits per heavy atom. The Bertz CT molecular complexity index is 404. The predicted octanol–water partition coefficient (Wildman–Crippen LogP) is 2.11. The topological polar surface area (TPSA) is 38.3 Å². The average molecular weight is 238 g/mol. The number of carbonyl (C=O) groups is 1. The van der Waals surface area contributed by atoms with Crippen LogP contribution in [-0.4, -0.2) is 29.7 Å². The van der Waals surface area contributed by atoms with Gasteiger partial charge in [0.2, 0.25) is 0 Å². The summed E-state index contributed by atoms with van der Waals surface area (Å²) < 4.78 is 5.05. The first-order valence-corrected chi connectivity index (χ1v) is 6.53. The smallest absolute Gasteiger partial charge is 0.411 e. The Morgan fingerprint density at radius 3 is 2.62 bits per heavy atom. The average Bonchev–Trinajstić information content (AvgIpc) is 2.27. The number of anilines is 1. The maximum Gasteiger partial charge on any atom is 0.411 e. The summed E-state index contributed by atoms with van der Waals surface area (Å²) >= 11 is 0. The molecule has 0 spiro atoms. The van der Waals surface area contributed by atoms with Crippen molar-refractivity contribution in [1.82, 2.24) is 0 Å². The van der Waals surface area contributed by atoms with Crippen molar-refractivity contribution >= 4 is 33.6 Å². The maximum atomic E-state index is 11.4. The van der Waals surface area contributed by atoms with E-state index in [1.165, 1.54) is 0 Å². The van der Waals surface area contributed by atoms with Crippen LogP contribution in [0, 0.1) is 0 Å². The largest absolute Gasteiger partial charge is 0.479 e. The van der Waals surface area contributed by atoms with E-state index in [9.17, 15) is 4.79 Å². The quantitative estimate of drug-likeness (QED) is 0.644. The number of hydrogen-bond acceptors (Lipinski definition) is 3. The van der Waals surface area contributed by atoms with Gasteiger partial charge in [-0.05, 0) is 12.1 Å². The van der Waals surface area contributed by atoms with Crippen LogP contribution in [0.2, 0.25) is 0 Å². The van der Waals surface area contributed by atoms with E-state index in [4.69, 9.17) is 4.74 Å². The summed E-state index contributed by atoms with van der Waals surface area (Å²) in [5.41, 5.74) is 0.725. The fourth-order valence-corrected chi connectivity index (χ4v) is 1.23. The Labute approximate surface area is 97.9 Å². The molecule has 0 bridgehead atoms. The second kappa shape index (κ2) is 6.23. The molecule has 0 aromatic heterocycles. The summed E-state index contributed by atoms with van der Waals surface area (Å²) in [6, 6.07) is 9.19.